The van der Waals surface area contributed by atoms with E-state index >= 15 is 0 Å². The number of rotatable bonds is 1. The summed E-state index contributed by atoms with van der Waals surface area (Å²) in [6, 6.07) is 6.22. The van der Waals surface area contributed by atoms with E-state index in [1.807, 2.05) is 12.1 Å². The zero-order valence-corrected chi connectivity index (χ0v) is 9.43. The molecule has 2 heterocycles. The Morgan fingerprint density at radius 2 is 2.12 bits per heavy atom. The van der Waals surface area contributed by atoms with Crippen molar-refractivity contribution >= 4 is 16.7 Å². The Morgan fingerprint density at radius 3 is 2.88 bits per heavy atom. The summed E-state index contributed by atoms with van der Waals surface area (Å²) < 4.78 is 0. The molecule has 1 aliphatic rings. The van der Waals surface area contributed by atoms with E-state index in [1.165, 1.54) is 0 Å². The van der Waals surface area contributed by atoms with Crippen LogP contribution in [0.5, 0.6) is 0 Å². The first-order valence-corrected chi connectivity index (χ1v) is 5.79. The van der Waals surface area contributed by atoms with E-state index in [0.29, 0.717) is 0 Å². The van der Waals surface area contributed by atoms with Crippen molar-refractivity contribution < 1.29 is 0 Å². The van der Waals surface area contributed by atoms with Crippen molar-refractivity contribution in [3.8, 4) is 0 Å². The first-order valence-electron chi connectivity index (χ1n) is 5.79. The number of hydrogen-bond acceptors (Lipinski definition) is 3. The first kappa shape index (κ1) is 10.1. The van der Waals surface area contributed by atoms with Crippen LogP contribution in [0.15, 0.2) is 18.2 Å². The third-order valence-corrected chi connectivity index (χ3v) is 3.31. The molecular weight excluding hydrogens is 214 g/mol. The predicted octanol–water partition coefficient (Wildman–Crippen LogP) is 1.85. The summed E-state index contributed by atoms with van der Waals surface area (Å²) in [6.45, 7) is 8.91. The molecule has 0 unspecified atom stereocenters. The highest BCUT2D eigenvalue weighted by atomic mass is 15.3. The van der Waals surface area contributed by atoms with Crippen molar-refractivity contribution in [1.82, 2.24) is 15.4 Å². The lowest BCUT2D eigenvalue weighted by molar-refractivity contribution is 0.549. The molecule has 1 aromatic carbocycles. The minimum absolute atomic E-state index is 0.197. The van der Waals surface area contributed by atoms with E-state index in [1.54, 1.807) is 0 Å². The summed E-state index contributed by atoms with van der Waals surface area (Å²) >= 11 is 0. The molecule has 0 saturated carbocycles. The SMILES string of the molecule is [C-]#[N+]C1CCN(c2cccc3n[nH]nc23)CC1. The highest BCUT2D eigenvalue weighted by Crippen LogP contribution is 2.26. The topological polar surface area (TPSA) is 49.2 Å². The van der Waals surface area contributed by atoms with E-state index in [0.717, 1.165) is 42.7 Å². The number of hydrogen-bond donors (Lipinski definition) is 1. The van der Waals surface area contributed by atoms with Gasteiger partial charge >= 0.3 is 0 Å². The van der Waals surface area contributed by atoms with Gasteiger partial charge in [0.1, 0.15) is 11.0 Å². The summed E-state index contributed by atoms with van der Waals surface area (Å²) in [4.78, 5) is 5.92. The van der Waals surface area contributed by atoms with Crippen molar-refractivity contribution in [2.75, 3.05) is 18.0 Å². The van der Waals surface area contributed by atoms with E-state index < -0.39 is 0 Å². The minimum atomic E-state index is 0.197. The number of anilines is 1. The first-order chi connectivity index (χ1) is 8.38. The molecule has 0 spiro atoms. The molecule has 0 amide bonds. The molecule has 0 aliphatic carbocycles. The highest BCUT2D eigenvalue weighted by Gasteiger charge is 2.24. The summed E-state index contributed by atoms with van der Waals surface area (Å²) in [5.41, 5.74) is 2.95. The monoisotopic (exact) mass is 227 g/mol. The van der Waals surface area contributed by atoms with Gasteiger partial charge in [-0.3, -0.25) is 0 Å². The van der Waals surface area contributed by atoms with Crippen LogP contribution in [0.25, 0.3) is 15.9 Å². The molecule has 17 heavy (non-hydrogen) atoms. The molecule has 0 radical (unpaired) electrons. The normalized spacial score (nSPS) is 17.2. The molecule has 1 aromatic heterocycles. The summed E-state index contributed by atoms with van der Waals surface area (Å²) in [5.74, 6) is 0. The molecule has 2 aromatic rings. The lowest BCUT2D eigenvalue weighted by Gasteiger charge is -2.29. The van der Waals surface area contributed by atoms with Crippen LogP contribution >= 0.6 is 0 Å². The van der Waals surface area contributed by atoms with Crippen LogP contribution in [0.4, 0.5) is 5.69 Å². The maximum Gasteiger partial charge on any atom is 0.227 e. The number of nitrogens with zero attached hydrogens (tertiary/aromatic N) is 4. The zero-order chi connectivity index (χ0) is 11.7. The van der Waals surface area contributed by atoms with Gasteiger partial charge in [0.15, 0.2) is 0 Å². The van der Waals surface area contributed by atoms with Crippen molar-refractivity contribution in [1.29, 1.82) is 0 Å². The fraction of sp³-hybridized carbons (Fsp3) is 0.417. The molecular formula is C12H13N5. The van der Waals surface area contributed by atoms with Crippen molar-refractivity contribution in [2.45, 2.75) is 18.9 Å². The molecule has 3 rings (SSSR count). The Hall–Kier alpha value is -2.09. The number of para-hydroxylation sites is 1. The molecule has 0 atom stereocenters. The van der Waals surface area contributed by atoms with E-state index in [2.05, 4.69) is 31.2 Å². The second-order valence-electron chi connectivity index (χ2n) is 4.32. The standard InChI is InChI=1S/C12H13N5/c1-13-9-5-7-17(8-6-9)11-4-2-3-10-12(11)15-16-14-10/h2-4,9H,5-8H2,(H,14,15,16). The number of fused-ring (bicyclic) bond motifs is 1. The number of piperidine rings is 1. The van der Waals surface area contributed by atoms with Gasteiger partial charge in [-0.1, -0.05) is 6.07 Å². The Bertz CT molecular complexity index is 560. The van der Waals surface area contributed by atoms with Gasteiger partial charge < -0.3 is 9.74 Å². The summed E-state index contributed by atoms with van der Waals surface area (Å²) in [6.07, 6.45) is 1.88. The Kier molecular flexibility index (Phi) is 2.41. The number of aromatic nitrogens is 3. The van der Waals surface area contributed by atoms with Crippen LogP contribution in [0.1, 0.15) is 12.8 Å². The quantitative estimate of drug-likeness (QED) is 0.756. The van der Waals surface area contributed by atoms with Gasteiger partial charge in [-0.15, -0.1) is 0 Å². The lowest BCUT2D eigenvalue weighted by Crippen LogP contribution is -2.34. The molecule has 0 bridgehead atoms. The average Bonchev–Trinajstić information content (AvgIpc) is 2.87. The van der Waals surface area contributed by atoms with Crippen LogP contribution in [-0.4, -0.2) is 34.5 Å². The predicted molar refractivity (Wildman–Crippen MR) is 65.7 cm³/mol. The molecule has 1 N–H and O–H groups in total. The van der Waals surface area contributed by atoms with Gasteiger partial charge in [0.05, 0.1) is 5.69 Å². The van der Waals surface area contributed by atoms with E-state index in [4.69, 9.17) is 6.57 Å². The van der Waals surface area contributed by atoms with Gasteiger partial charge in [-0.05, 0) is 12.1 Å². The summed E-state index contributed by atoms with van der Waals surface area (Å²) in [5, 5.41) is 11.0. The number of H-pyrrole nitrogens is 1. The molecule has 1 aliphatic heterocycles. The molecule has 5 nitrogen and oxygen atoms in total. The maximum atomic E-state index is 7.05. The largest absolute Gasteiger partial charge is 0.369 e. The van der Waals surface area contributed by atoms with Crippen LogP contribution < -0.4 is 4.90 Å². The second kappa shape index (κ2) is 4.06. The summed E-state index contributed by atoms with van der Waals surface area (Å²) in [7, 11) is 0. The lowest BCUT2D eigenvalue weighted by atomic mass is 10.0. The van der Waals surface area contributed by atoms with Gasteiger partial charge in [0, 0.05) is 25.9 Å². The average molecular weight is 227 g/mol. The van der Waals surface area contributed by atoms with Gasteiger partial charge in [-0.25, -0.2) is 6.57 Å². The minimum Gasteiger partial charge on any atom is -0.369 e. The van der Waals surface area contributed by atoms with Crippen molar-refractivity contribution in [3.63, 3.8) is 0 Å². The Labute approximate surface area is 99.2 Å². The smallest absolute Gasteiger partial charge is 0.227 e. The van der Waals surface area contributed by atoms with E-state index in [-0.39, 0.29) is 6.04 Å². The van der Waals surface area contributed by atoms with Gasteiger partial charge in [-0.2, -0.15) is 15.4 Å². The fourth-order valence-electron chi connectivity index (χ4n) is 2.34. The van der Waals surface area contributed by atoms with Gasteiger partial charge in [0.25, 0.3) is 0 Å². The Morgan fingerprint density at radius 1 is 1.29 bits per heavy atom. The van der Waals surface area contributed by atoms with Crippen LogP contribution in [0, 0.1) is 6.57 Å². The second-order valence-corrected chi connectivity index (χ2v) is 4.32. The van der Waals surface area contributed by atoms with Crippen molar-refractivity contribution in [2.24, 2.45) is 0 Å². The number of nitrogens with one attached hydrogen (secondary N) is 1. The fourth-order valence-corrected chi connectivity index (χ4v) is 2.34. The maximum absolute atomic E-state index is 7.05. The third kappa shape index (κ3) is 1.72. The van der Waals surface area contributed by atoms with Gasteiger partial charge in [0.2, 0.25) is 6.04 Å². The molecule has 5 heteroatoms. The highest BCUT2D eigenvalue weighted by molar-refractivity contribution is 5.87. The number of aromatic amines is 1. The molecule has 86 valence electrons. The third-order valence-electron chi connectivity index (χ3n) is 3.31. The van der Waals surface area contributed by atoms with Crippen LogP contribution in [0.3, 0.4) is 0 Å². The molecule has 1 fully saturated rings. The Balaban J connectivity index is 1.90. The zero-order valence-electron chi connectivity index (χ0n) is 9.43. The van der Waals surface area contributed by atoms with E-state index in [9.17, 15) is 0 Å². The van der Waals surface area contributed by atoms with Crippen LogP contribution in [-0.2, 0) is 0 Å². The number of benzene rings is 1. The van der Waals surface area contributed by atoms with Crippen molar-refractivity contribution in [3.05, 3.63) is 29.6 Å². The molecule has 1 saturated heterocycles. The van der Waals surface area contributed by atoms with Crippen LogP contribution in [0.2, 0.25) is 0 Å².